The van der Waals surface area contributed by atoms with Crippen LogP contribution in [0.2, 0.25) is 0 Å². The van der Waals surface area contributed by atoms with E-state index in [1.165, 1.54) is 0 Å². The van der Waals surface area contributed by atoms with Crippen LogP contribution in [0.25, 0.3) is 97.3 Å². The summed E-state index contributed by atoms with van der Waals surface area (Å²) in [5.41, 5.74) is 2.31. The number of hydrogen-bond donors (Lipinski definition) is 1. The van der Waals surface area contributed by atoms with E-state index in [0.29, 0.717) is 103 Å². The fraction of sp³-hybridized carbons (Fsp3) is 0.0208. The molecule has 1 unspecified atom stereocenters. The van der Waals surface area contributed by atoms with E-state index >= 15 is 0 Å². The van der Waals surface area contributed by atoms with Gasteiger partial charge in [-0.1, -0.05) is 42.5 Å². The largest absolute Gasteiger partial charge is 0.428 e. The third-order valence-electron chi connectivity index (χ3n) is 12.9. The number of hydrogen-bond acceptors (Lipinski definition) is 12. The van der Waals surface area contributed by atoms with Gasteiger partial charge >= 0.3 is 41.8 Å². The molecular weight excluding hydrogens is 769 g/mol. The minimum atomic E-state index is -1.54. The number of cyclic esters (lactones) is 7. The van der Waals surface area contributed by atoms with Crippen LogP contribution >= 0.6 is 0 Å². The normalized spacial score (nSPS) is 17.0. The Labute approximate surface area is 331 Å². The summed E-state index contributed by atoms with van der Waals surface area (Å²) in [6, 6.07) is 23.4. The summed E-state index contributed by atoms with van der Waals surface area (Å²) in [5, 5.41) is 19.6. The SMILES string of the molecule is O=C1OC(=O)c2ccc3c4c(-c5cc6c7c(ccc8c9ccc%10c%11c(ccc(c5c78)c%119)C(=O)OC%10O)C(=O)OC6=O)cc5c6c(ccc(c7ccc1c2c73)c64)C(=O)OC5=O. The maximum atomic E-state index is 13.9. The van der Waals surface area contributed by atoms with Crippen LogP contribution in [0.1, 0.15) is 84.4 Å². The highest BCUT2D eigenvalue weighted by Crippen LogP contribution is 2.54. The van der Waals surface area contributed by atoms with Gasteiger partial charge in [0.2, 0.25) is 6.29 Å². The molecule has 0 radical (unpaired) electrons. The fourth-order valence-corrected chi connectivity index (χ4v) is 10.6. The lowest BCUT2D eigenvalue weighted by molar-refractivity contribution is -0.0686. The Bertz CT molecular complexity index is 3970. The molecule has 0 bridgehead atoms. The molecule has 1 N–H and O–H groups in total. The monoisotopic (exact) mass is 784 g/mol. The first-order valence-corrected chi connectivity index (χ1v) is 18.8. The Morgan fingerprint density at radius 1 is 0.300 bits per heavy atom. The molecule has 280 valence electrons. The second-order valence-electron chi connectivity index (χ2n) is 15.5. The van der Waals surface area contributed by atoms with E-state index in [-0.39, 0.29) is 38.9 Å². The van der Waals surface area contributed by atoms with Gasteiger partial charge in [0.15, 0.2) is 0 Å². The van der Waals surface area contributed by atoms with Gasteiger partial charge in [0.25, 0.3) is 0 Å². The van der Waals surface area contributed by atoms with Crippen LogP contribution in [0, 0.1) is 0 Å². The summed E-state index contributed by atoms with van der Waals surface area (Å²) in [5.74, 6) is -5.73. The van der Waals surface area contributed by atoms with Crippen molar-refractivity contribution in [2.45, 2.75) is 6.29 Å². The van der Waals surface area contributed by atoms with Crippen LogP contribution in [-0.2, 0) is 18.9 Å². The van der Waals surface area contributed by atoms with Crippen molar-refractivity contribution >= 4 is 128 Å². The number of ether oxygens (including phenoxy) is 4. The zero-order valence-electron chi connectivity index (χ0n) is 30.1. The van der Waals surface area contributed by atoms with E-state index in [2.05, 4.69) is 0 Å². The van der Waals surface area contributed by atoms with Crippen LogP contribution < -0.4 is 0 Å². The third-order valence-corrected chi connectivity index (χ3v) is 12.9. The van der Waals surface area contributed by atoms with Gasteiger partial charge in [-0.25, -0.2) is 33.6 Å². The molecule has 0 saturated carbocycles. The van der Waals surface area contributed by atoms with Gasteiger partial charge < -0.3 is 24.1 Å². The average Bonchev–Trinajstić information content (AvgIpc) is 3.24. The molecule has 0 aliphatic carbocycles. The average molecular weight is 785 g/mol. The highest BCUT2D eigenvalue weighted by atomic mass is 16.6. The fourth-order valence-electron chi connectivity index (χ4n) is 10.6. The summed E-state index contributed by atoms with van der Waals surface area (Å²) in [7, 11) is 0. The molecule has 0 amide bonds. The molecule has 14 rings (SSSR count). The highest BCUT2D eigenvalue weighted by molar-refractivity contribution is 6.45. The van der Waals surface area contributed by atoms with E-state index in [4.69, 9.17) is 18.9 Å². The van der Waals surface area contributed by atoms with E-state index in [1.54, 1.807) is 84.9 Å². The van der Waals surface area contributed by atoms with Gasteiger partial charge in [-0.05, 0) is 118 Å². The maximum absolute atomic E-state index is 13.9. The molecule has 0 spiro atoms. The number of esters is 7. The van der Waals surface area contributed by atoms with Crippen molar-refractivity contribution in [3.8, 4) is 11.1 Å². The number of rotatable bonds is 1. The zero-order chi connectivity index (χ0) is 40.4. The molecule has 0 fully saturated rings. The quantitative estimate of drug-likeness (QED) is 0.0553. The van der Waals surface area contributed by atoms with Crippen molar-refractivity contribution in [3.63, 3.8) is 0 Å². The standard InChI is InChI=1S/C48H16O12/c49-41-21-7-1-15-17-3-9-25-37-29(47(55)59-45(25)53)13-27(33(39(17)37)19-5-11-23(43(51)57-41)35(21)31(15)19)28-14-30-38-26(46(54)60-48(30)56)10-4-18-16-2-8-22-36-24(44(52)58-42(22)50)12-6-20(32(16)36)34(28)40(18)38/h1-14,41,49H. The Morgan fingerprint density at radius 2 is 0.633 bits per heavy atom. The van der Waals surface area contributed by atoms with Crippen LogP contribution in [-0.4, -0.2) is 46.9 Å². The second-order valence-corrected chi connectivity index (χ2v) is 15.5. The number of benzene rings is 10. The molecule has 12 nitrogen and oxygen atoms in total. The number of aliphatic hydroxyl groups excluding tert-OH is 1. The molecule has 4 aliphatic rings. The van der Waals surface area contributed by atoms with Crippen molar-refractivity contribution in [2.75, 3.05) is 0 Å². The minimum Gasteiger partial charge on any atom is -0.428 e. The van der Waals surface area contributed by atoms with Crippen molar-refractivity contribution in [1.82, 2.24) is 0 Å². The molecule has 12 heteroatoms. The molecular formula is C48H16O12. The summed E-state index contributed by atoms with van der Waals surface area (Å²) >= 11 is 0. The third kappa shape index (κ3) is 3.41. The summed E-state index contributed by atoms with van der Waals surface area (Å²) in [6.07, 6.45) is -1.54. The molecule has 0 saturated heterocycles. The zero-order valence-corrected chi connectivity index (χ0v) is 30.1. The molecule has 4 aliphatic heterocycles. The van der Waals surface area contributed by atoms with Crippen LogP contribution in [0.4, 0.5) is 0 Å². The Balaban J connectivity index is 1.29. The van der Waals surface area contributed by atoms with Gasteiger partial charge in [0.05, 0.1) is 38.9 Å². The molecule has 10 aromatic rings. The van der Waals surface area contributed by atoms with Crippen molar-refractivity contribution in [2.24, 2.45) is 0 Å². The summed E-state index contributed by atoms with van der Waals surface area (Å²) < 4.78 is 21.0. The smallest absolute Gasteiger partial charge is 0.346 e. The topological polar surface area (TPSA) is 177 Å². The van der Waals surface area contributed by atoms with Gasteiger partial charge in [-0.3, -0.25) is 0 Å². The van der Waals surface area contributed by atoms with E-state index in [9.17, 15) is 38.7 Å². The molecule has 60 heavy (non-hydrogen) atoms. The van der Waals surface area contributed by atoms with Gasteiger partial charge in [0, 0.05) is 27.1 Å². The number of carbonyl (C=O) groups is 7. The molecule has 10 aromatic carbocycles. The summed E-state index contributed by atoms with van der Waals surface area (Å²) in [4.78, 5) is 94.3. The van der Waals surface area contributed by atoms with Crippen LogP contribution in [0.3, 0.4) is 0 Å². The number of aliphatic hydroxyl groups is 1. The molecule has 0 aromatic heterocycles. The second kappa shape index (κ2) is 10.0. The predicted molar refractivity (Wildman–Crippen MR) is 214 cm³/mol. The van der Waals surface area contributed by atoms with Crippen molar-refractivity contribution < 1.29 is 57.6 Å². The lowest BCUT2D eigenvalue weighted by atomic mass is 9.77. The first kappa shape index (κ1) is 31.7. The Morgan fingerprint density at radius 3 is 1.08 bits per heavy atom. The van der Waals surface area contributed by atoms with Crippen LogP contribution in [0.15, 0.2) is 84.9 Å². The summed E-state index contributed by atoms with van der Waals surface area (Å²) in [6.45, 7) is 0. The van der Waals surface area contributed by atoms with Gasteiger partial charge in [-0.15, -0.1) is 0 Å². The lowest BCUT2D eigenvalue weighted by Crippen LogP contribution is -2.21. The highest BCUT2D eigenvalue weighted by Gasteiger charge is 2.37. The number of carbonyl (C=O) groups excluding carboxylic acids is 7. The first-order chi connectivity index (χ1) is 29.1. The predicted octanol–water partition coefficient (Wildman–Crippen LogP) is 8.55. The van der Waals surface area contributed by atoms with Crippen molar-refractivity contribution in [1.29, 1.82) is 0 Å². The van der Waals surface area contributed by atoms with E-state index in [0.717, 1.165) is 0 Å². The van der Waals surface area contributed by atoms with Crippen LogP contribution in [0.5, 0.6) is 0 Å². The Hall–Kier alpha value is -8.35. The number of fused-ring (bicyclic) bond motifs is 4. The van der Waals surface area contributed by atoms with Crippen molar-refractivity contribution in [3.05, 3.63) is 129 Å². The van der Waals surface area contributed by atoms with Gasteiger partial charge in [-0.2, -0.15) is 0 Å². The lowest BCUT2D eigenvalue weighted by Gasteiger charge is -2.27. The Kier molecular flexibility index (Phi) is 5.29. The van der Waals surface area contributed by atoms with E-state index in [1.807, 2.05) is 0 Å². The molecule has 4 heterocycles. The van der Waals surface area contributed by atoms with E-state index < -0.39 is 48.1 Å². The van der Waals surface area contributed by atoms with Gasteiger partial charge in [0.1, 0.15) is 0 Å². The first-order valence-electron chi connectivity index (χ1n) is 18.8. The molecule has 1 atom stereocenters. The minimum absolute atomic E-state index is 0.0833. The maximum Gasteiger partial charge on any atom is 0.346 e.